The molecule has 0 fully saturated rings. The molecule has 8 heavy (non-hydrogen) atoms. The van der Waals surface area contributed by atoms with Crippen LogP contribution in [0.1, 0.15) is 0 Å². The topological polar surface area (TPSA) is 57.5 Å². The van der Waals surface area contributed by atoms with Gasteiger partial charge in [-0.25, -0.2) is 4.79 Å². The summed E-state index contributed by atoms with van der Waals surface area (Å²) in [6.45, 7) is 5.22. The summed E-state index contributed by atoms with van der Waals surface area (Å²) < 4.78 is 0. The van der Waals surface area contributed by atoms with Crippen LogP contribution in [0.25, 0.3) is 0 Å². The van der Waals surface area contributed by atoms with Gasteiger partial charge in [0.05, 0.1) is 0 Å². The number of aliphatic carboxylic acids is 1. The van der Waals surface area contributed by atoms with Crippen LogP contribution in [0.5, 0.6) is 0 Å². The molecule has 2 N–H and O–H groups in total. The van der Waals surface area contributed by atoms with E-state index in [4.69, 9.17) is 15.0 Å². The van der Waals surface area contributed by atoms with E-state index in [2.05, 4.69) is 13.2 Å². The molecule has 46 valence electrons. The number of carboxylic acid groups (broad SMARTS) is 1. The third kappa shape index (κ3) is 39.5. The Bertz CT molecular complexity index is 55.2. The minimum Gasteiger partial charge on any atom is -0.480 e. The van der Waals surface area contributed by atoms with Crippen LogP contribution in [-0.2, 0) is 26.5 Å². The first-order chi connectivity index (χ1) is 3.27. The molecule has 0 saturated carbocycles. The molecule has 0 aromatic heterocycles. The number of carboxylic acids is 1. The second-order valence-corrected chi connectivity index (χ2v) is 0.552. The van der Waals surface area contributed by atoms with E-state index in [-0.39, 0.29) is 21.7 Å². The Hall–Kier alpha value is -0.116. The van der Waals surface area contributed by atoms with Crippen molar-refractivity contribution in [2.45, 2.75) is 0 Å². The third-order valence-corrected chi connectivity index (χ3v) is 0.135. The van der Waals surface area contributed by atoms with Crippen LogP contribution in [0.15, 0.2) is 13.2 Å². The summed E-state index contributed by atoms with van der Waals surface area (Å²) in [5, 5.41) is 15.0. The fourth-order valence-corrected chi connectivity index (χ4v) is 0. The Balaban J connectivity index is -0.0000000750. The second-order valence-electron chi connectivity index (χ2n) is 0.552. The van der Waals surface area contributed by atoms with E-state index in [1.165, 1.54) is 0 Å². The Morgan fingerprint density at radius 3 is 1.62 bits per heavy atom. The SMILES string of the molecule is C=C.O=C(O)CO.[Ti]. The maximum absolute atomic E-state index is 9.12. The van der Waals surface area contributed by atoms with Crippen molar-refractivity contribution in [3.05, 3.63) is 13.2 Å². The van der Waals surface area contributed by atoms with Crippen LogP contribution in [0.4, 0.5) is 0 Å². The largest absolute Gasteiger partial charge is 0.480 e. The molecule has 0 amide bonds. The van der Waals surface area contributed by atoms with E-state index in [0.29, 0.717) is 0 Å². The average Bonchev–Trinajstić information content (AvgIpc) is 1.73. The van der Waals surface area contributed by atoms with Crippen LogP contribution in [-0.4, -0.2) is 22.8 Å². The van der Waals surface area contributed by atoms with Crippen molar-refractivity contribution < 1.29 is 36.7 Å². The van der Waals surface area contributed by atoms with E-state index in [9.17, 15) is 0 Å². The molecule has 0 aliphatic rings. The Labute approximate surface area is 62.9 Å². The molecule has 0 aromatic rings. The summed E-state index contributed by atoms with van der Waals surface area (Å²) in [5.41, 5.74) is 0. The summed E-state index contributed by atoms with van der Waals surface area (Å²) in [4.78, 5) is 9.12. The molecule has 0 spiro atoms. The van der Waals surface area contributed by atoms with Gasteiger partial charge >= 0.3 is 5.97 Å². The first-order valence-electron chi connectivity index (χ1n) is 1.60. The quantitative estimate of drug-likeness (QED) is 0.406. The van der Waals surface area contributed by atoms with Crippen LogP contribution >= 0.6 is 0 Å². The van der Waals surface area contributed by atoms with Gasteiger partial charge in [-0.15, -0.1) is 13.2 Å². The van der Waals surface area contributed by atoms with Gasteiger partial charge in [-0.1, -0.05) is 0 Å². The first-order valence-corrected chi connectivity index (χ1v) is 1.60. The van der Waals surface area contributed by atoms with Crippen molar-refractivity contribution in [2.24, 2.45) is 0 Å². The number of carbonyl (C=O) groups is 1. The normalized spacial score (nSPS) is 5.12. The Morgan fingerprint density at radius 1 is 1.50 bits per heavy atom. The minimum absolute atomic E-state index is 0. The van der Waals surface area contributed by atoms with Crippen molar-refractivity contribution in [1.82, 2.24) is 0 Å². The van der Waals surface area contributed by atoms with Gasteiger partial charge in [-0.2, -0.15) is 0 Å². The predicted molar refractivity (Wildman–Crippen MR) is 26.0 cm³/mol. The van der Waals surface area contributed by atoms with Gasteiger partial charge in [0.2, 0.25) is 0 Å². The molecule has 0 aliphatic heterocycles. The standard InChI is InChI=1S/C2H4O3.C2H4.Ti/c3-1-2(4)5;1-2;/h3H,1H2,(H,4,5);1-2H2;. The summed E-state index contributed by atoms with van der Waals surface area (Å²) >= 11 is 0. The molecule has 0 aliphatic carbocycles. The van der Waals surface area contributed by atoms with Gasteiger partial charge in [0.25, 0.3) is 0 Å². The summed E-state index contributed by atoms with van der Waals surface area (Å²) in [6.07, 6.45) is 0. The number of aliphatic hydroxyl groups excluding tert-OH is 1. The molecule has 0 unspecified atom stereocenters. The van der Waals surface area contributed by atoms with Crippen LogP contribution in [0, 0.1) is 0 Å². The van der Waals surface area contributed by atoms with Crippen LogP contribution in [0.3, 0.4) is 0 Å². The van der Waals surface area contributed by atoms with E-state index in [1.807, 2.05) is 0 Å². The van der Waals surface area contributed by atoms with E-state index in [0.717, 1.165) is 0 Å². The monoisotopic (exact) mass is 152 g/mol. The smallest absolute Gasteiger partial charge is 0.329 e. The fraction of sp³-hybridized carbons (Fsp3) is 0.250. The molecule has 4 heteroatoms. The number of aliphatic hydroxyl groups is 1. The molecule has 0 bridgehead atoms. The maximum atomic E-state index is 9.12. The molecule has 0 aromatic carbocycles. The zero-order valence-electron chi connectivity index (χ0n) is 4.42. The van der Waals surface area contributed by atoms with Crippen LogP contribution < -0.4 is 0 Å². The van der Waals surface area contributed by atoms with Gasteiger partial charge in [0.15, 0.2) is 0 Å². The maximum Gasteiger partial charge on any atom is 0.329 e. The molecule has 0 radical (unpaired) electrons. The minimum atomic E-state index is -1.19. The predicted octanol–water partition coefficient (Wildman–Crippen LogP) is -0.137. The van der Waals surface area contributed by atoms with Crippen LogP contribution in [0.2, 0.25) is 0 Å². The van der Waals surface area contributed by atoms with Gasteiger partial charge in [-0.3, -0.25) is 0 Å². The molecular formula is C4H8O3Ti. The van der Waals surface area contributed by atoms with Crippen molar-refractivity contribution in [3.63, 3.8) is 0 Å². The van der Waals surface area contributed by atoms with Gasteiger partial charge in [-0.05, 0) is 0 Å². The molecular weight excluding hydrogens is 144 g/mol. The van der Waals surface area contributed by atoms with Crippen molar-refractivity contribution in [2.75, 3.05) is 6.61 Å². The fourth-order valence-electron chi connectivity index (χ4n) is 0. The molecule has 0 atom stereocenters. The molecule has 0 heterocycles. The zero-order chi connectivity index (χ0) is 6.28. The van der Waals surface area contributed by atoms with Gasteiger partial charge in [0.1, 0.15) is 6.61 Å². The molecule has 0 rings (SSSR count). The summed E-state index contributed by atoms with van der Waals surface area (Å²) in [7, 11) is 0. The van der Waals surface area contributed by atoms with E-state index in [1.54, 1.807) is 0 Å². The average molecular weight is 152 g/mol. The third-order valence-electron chi connectivity index (χ3n) is 0.135. The molecule has 0 saturated heterocycles. The Kier molecular flexibility index (Phi) is 30.9. The van der Waals surface area contributed by atoms with Gasteiger partial charge in [0, 0.05) is 21.7 Å². The van der Waals surface area contributed by atoms with Gasteiger partial charge < -0.3 is 10.2 Å². The summed E-state index contributed by atoms with van der Waals surface area (Å²) in [6, 6.07) is 0. The van der Waals surface area contributed by atoms with Crippen molar-refractivity contribution >= 4 is 5.97 Å². The molecule has 3 nitrogen and oxygen atoms in total. The first kappa shape index (κ1) is 15.7. The number of hydrogen-bond acceptors (Lipinski definition) is 2. The van der Waals surface area contributed by atoms with E-state index < -0.39 is 12.6 Å². The van der Waals surface area contributed by atoms with E-state index >= 15 is 0 Å². The second kappa shape index (κ2) is 15.8. The van der Waals surface area contributed by atoms with Crippen molar-refractivity contribution in [3.8, 4) is 0 Å². The zero-order valence-corrected chi connectivity index (χ0v) is 5.99. The summed E-state index contributed by atoms with van der Waals surface area (Å²) in [5.74, 6) is -1.19. The number of rotatable bonds is 1. The Morgan fingerprint density at radius 2 is 1.62 bits per heavy atom. The number of hydrogen-bond donors (Lipinski definition) is 2. The van der Waals surface area contributed by atoms with Crippen molar-refractivity contribution in [1.29, 1.82) is 0 Å².